The van der Waals surface area contributed by atoms with Crippen LogP contribution >= 0.6 is 0 Å². The van der Waals surface area contributed by atoms with Crippen LogP contribution in [0.25, 0.3) is 0 Å². The van der Waals surface area contributed by atoms with Crippen LogP contribution in [0, 0.1) is 0 Å². The number of benzene rings is 1. The van der Waals surface area contributed by atoms with Gasteiger partial charge in [0.2, 0.25) is 0 Å². The number of carboxylic acid groups (broad SMARTS) is 1. The number of hydrogen-bond acceptors (Lipinski definition) is 4. The standard InChI is InChI=1S/C13H16N2O4/c1-19-8-6-11(13(17)18)15(7-8)10-5-3-2-4-9(10)12(14)16/h2-5,8,11H,6-7H2,1H3,(H2,14,16)(H,17,18). The van der Waals surface area contributed by atoms with Gasteiger partial charge in [0.05, 0.1) is 17.4 Å². The molecule has 1 aliphatic rings. The number of nitrogens with two attached hydrogens (primary N) is 1. The molecule has 1 saturated heterocycles. The summed E-state index contributed by atoms with van der Waals surface area (Å²) < 4.78 is 5.22. The third kappa shape index (κ3) is 2.53. The fraction of sp³-hybridized carbons (Fsp3) is 0.385. The first kappa shape index (κ1) is 13.4. The van der Waals surface area contributed by atoms with E-state index in [4.69, 9.17) is 10.5 Å². The van der Waals surface area contributed by atoms with Gasteiger partial charge in [-0.2, -0.15) is 0 Å². The molecule has 1 aliphatic heterocycles. The van der Waals surface area contributed by atoms with Gasteiger partial charge < -0.3 is 20.5 Å². The quantitative estimate of drug-likeness (QED) is 0.824. The van der Waals surface area contributed by atoms with Crippen LogP contribution in [-0.4, -0.2) is 42.8 Å². The van der Waals surface area contributed by atoms with Gasteiger partial charge >= 0.3 is 5.97 Å². The molecule has 3 N–H and O–H groups in total. The molecule has 0 bridgehead atoms. The van der Waals surface area contributed by atoms with Crippen molar-refractivity contribution in [1.82, 2.24) is 0 Å². The van der Waals surface area contributed by atoms with Gasteiger partial charge in [0, 0.05) is 20.1 Å². The number of aliphatic carboxylic acids is 1. The summed E-state index contributed by atoms with van der Waals surface area (Å²) in [6.07, 6.45) is 0.223. The van der Waals surface area contributed by atoms with Crippen LogP contribution in [-0.2, 0) is 9.53 Å². The molecule has 0 radical (unpaired) electrons. The molecule has 6 heteroatoms. The summed E-state index contributed by atoms with van der Waals surface area (Å²) in [6, 6.07) is 6.04. The molecule has 19 heavy (non-hydrogen) atoms. The van der Waals surface area contributed by atoms with Crippen molar-refractivity contribution in [3.63, 3.8) is 0 Å². The number of rotatable bonds is 4. The lowest BCUT2D eigenvalue weighted by molar-refractivity contribution is -0.138. The lowest BCUT2D eigenvalue weighted by Crippen LogP contribution is -2.37. The van der Waals surface area contributed by atoms with Gasteiger partial charge in [0.15, 0.2) is 0 Å². The normalized spacial score (nSPS) is 22.5. The molecular weight excluding hydrogens is 248 g/mol. The number of hydrogen-bond donors (Lipinski definition) is 2. The number of anilines is 1. The number of amides is 1. The lowest BCUT2D eigenvalue weighted by Gasteiger charge is -2.25. The van der Waals surface area contributed by atoms with E-state index in [-0.39, 0.29) is 6.10 Å². The van der Waals surface area contributed by atoms with Crippen molar-refractivity contribution in [2.24, 2.45) is 5.73 Å². The minimum absolute atomic E-state index is 0.165. The fourth-order valence-corrected chi connectivity index (χ4v) is 2.40. The number of methoxy groups -OCH3 is 1. The zero-order valence-electron chi connectivity index (χ0n) is 10.6. The van der Waals surface area contributed by atoms with Gasteiger partial charge in [-0.05, 0) is 12.1 Å². The van der Waals surface area contributed by atoms with Crippen LogP contribution in [0.5, 0.6) is 0 Å². The highest BCUT2D eigenvalue weighted by atomic mass is 16.5. The van der Waals surface area contributed by atoms with Crippen LogP contribution in [0.1, 0.15) is 16.8 Å². The molecule has 0 aliphatic carbocycles. The first-order valence-corrected chi connectivity index (χ1v) is 5.95. The minimum atomic E-state index is -0.932. The average Bonchev–Trinajstić information content (AvgIpc) is 2.83. The predicted molar refractivity (Wildman–Crippen MR) is 69.1 cm³/mol. The molecule has 0 spiro atoms. The summed E-state index contributed by atoms with van der Waals surface area (Å²) in [7, 11) is 1.55. The second-order valence-corrected chi connectivity index (χ2v) is 4.48. The van der Waals surface area contributed by atoms with Crippen molar-refractivity contribution in [2.45, 2.75) is 18.6 Å². The topological polar surface area (TPSA) is 92.9 Å². The Kier molecular flexibility index (Phi) is 3.71. The largest absolute Gasteiger partial charge is 0.480 e. The van der Waals surface area contributed by atoms with Crippen molar-refractivity contribution in [3.05, 3.63) is 29.8 Å². The van der Waals surface area contributed by atoms with Gasteiger partial charge in [-0.3, -0.25) is 4.79 Å². The summed E-state index contributed by atoms with van der Waals surface area (Å²) in [5, 5.41) is 9.27. The van der Waals surface area contributed by atoms with E-state index in [1.807, 2.05) is 0 Å². The van der Waals surface area contributed by atoms with Crippen LogP contribution in [0.4, 0.5) is 5.69 Å². The van der Waals surface area contributed by atoms with Crippen LogP contribution in [0.15, 0.2) is 24.3 Å². The molecule has 1 aromatic rings. The number of carbonyl (C=O) groups excluding carboxylic acids is 1. The summed E-state index contributed by atoms with van der Waals surface area (Å²) in [5.74, 6) is -1.50. The number of ether oxygens (including phenoxy) is 1. The van der Waals surface area contributed by atoms with E-state index >= 15 is 0 Å². The van der Waals surface area contributed by atoms with Crippen LogP contribution < -0.4 is 10.6 Å². The van der Waals surface area contributed by atoms with Gasteiger partial charge in [-0.1, -0.05) is 12.1 Å². The number of carbonyl (C=O) groups is 2. The fourth-order valence-electron chi connectivity index (χ4n) is 2.40. The Morgan fingerprint density at radius 1 is 1.42 bits per heavy atom. The molecule has 0 saturated carbocycles. The zero-order valence-corrected chi connectivity index (χ0v) is 10.6. The Hall–Kier alpha value is -2.08. The third-order valence-electron chi connectivity index (χ3n) is 3.36. The lowest BCUT2D eigenvalue weighted by atomic mass is 10.1. The van der Waals surface area contributed by atoms with Crippen molar-refractivity contribution in [1.29, 1.82) is 0 Å². The van der Waals surface area contributed by atoms with Crippen LogP contribution in [0.3, 0.4) is 0 Å². The second-order valence-electron chi connectivity index (χ2n) is 4.48. The Morgan fingerprint density at radius 3 is 2.68 bits per heavy atom. The Morgan fingerprint density at radius 2 is 2.11 bits per heavy atom. The van der Waals surface area contributed by atoms with Crippen molar-refractivity contribution in [2.75, 3.05) is 18.6 Å². The molecule has 0 aromatic heterocycles. The maximum atomic E-state index is 11.4. The molecule has 1 amide bonds. The summed E-state index contributed by atoms with van der Waals surface area (Å²) in [6.45, 7) is 0.428. The van der Waals surface area contributed by atoms with E-state index < -0.39 is 17.9 Å². The van der Waals surface area contributed by atoms with Crippen molar-refractivity contribution >= 4 is 17.6 Å². The summed E-state index contributed by atoms with van der Waals surface area (Å²) in [5.41, 5.74) is 6.19. The highest BCUT2D eigenvalue weighted by Crippen LogP contribution is 2.29. The Balaban J connectivity index is 2.39. The summed E-state index contributed by atoms with van der Waals surface area (Å²) >= 11 is 0. The maximum absolute atomic E-state index is 11.4. The first-order chi connectivity index (χ1) is 9.04. The third-order valence-corrected chi connectivity index (χ3v) is 3.36. The molecule has 2 rings (SSSR count). The van der Waals surface area contributed by atoms with Gasteiger partial charge in [-0.15, -0.1) is 0 Å². The predicted octanol–water partition coefficient (Wildman–Crippen LogP) is 0.464. The van der Waals surface area contributed by atoms with Crippen molar-refractivity contribution < 1.29 is 19.4 Å². The molecule has 1 fully saturated rings. The number of carboxylic acids is 1. The van der Waals surface area contributed by atoms with E-state index in [2.05, 4.69) is 0 Å². The highest BCUT2D eigenvalue weighted by Gasteiger charge is 2.38. The van der Waals surface area contributed by atoms with Gasteiger partial charge in [-0.25, -0.2) is 4.79 Å². The molecule has 2 atom stereocenters. The average molecular weight is 264 g/mol. The SMILES string of the molecule is COC1CC(C(=O)O)N(c2ccccc2C(N)=O)C1. The van der Waals surface area contributed by atoms with E-state index in [1.54, 1.807) is 36.3 Å². The highest BCUT2D eigenvalue weighted by molar-refractivity contribution is 5.99. The van der Waals surface area contributed by atoms with E-state index in [0.717, 1.165) is 0 Å². The maximum Gasteiger partial charge on any atom is 0.326 e. The molecule has 1 heterocycles. The molecule has 1 aromatic carbocycles. The van der Waals surface area contributed by atoms with Gasteiger partial charge in [0.1, 0.15) is 6.04 Å². The van der Waals surface area contributed by atoms with Gasteiger partial charge in [0.25, 0.3) is 5.91 Å². The van der Waals surface area contributed by atoms with Crippen molar-refractivity contribution in [3.8, 4) is 0 Å². The Bertz CT molecular complexity index is 503. The Labute approximate surface area is 110 Å². The van der Waals surface area contributed by atoms with E-state index in [0.29, 0.717) is 24.2 Å². The number of nitrogens with zero attached hydrogens (tertiary/aromatic N) is 1. The first-order valence-electron chi connectivity index (χ1n) is 5.95. The monoisotopic (exact) mass is 264 g/mol. The van der Waals surface area contributed by atoms with Crippen LogP contribution in [0.2, 0.25) is 0 Å². The molecular formula is C13H16N2O4. The molecule has 6 nitrogen and oxygen atoms in total. The molecule has 2 unspecified atom stereocenters. The molecule has 102 valence electrons. The van der Waals surface area contributed by atoms with E-state index in [1.165, 1.54) is 0 Å². The number of para-hydroxylation sites is 1. The van der Waals surface area contributed by atoms with E-state index in [9.17, 15) is 14.7 Å². The summed E-state index contributed by atoms with van der Waals surface area (Å²) in [4.78, 5) is 24.4. The second kappa shape index (κ2) is 5.27. The number of primary amides is 1. The smallest absolute Gasteiger partial charge is 0.326 e. The minimum Gasteiger partial charge on any atom is -0.480 e. The zero-order chi connectivity index (χ0) is 14.0.